The van der Waals surface area contributed by atoms with Gasteiger partial charge in [-0.25, -0.2) is 8.42 Å². The molecule has 0 heterocycles. The Kier molecular flexibility index (Phi) is 9.63. The number of amides is 2. The Labute approximate surface area is 238 Å². The topological polar surface area (TPSA) is 96.0 Å². The van der Waals surface area contributed by atoms with Crippen LogP contribution in [-0.2, 0) is 26.2 Å². The maximum Gasteiger partial charge on any atom is 0.264 e. The lowest BCUT2D eigenvalue weighted by Crippen LogP contribution is -2.54. The van der Waals surface area contributed by atoms with E-state index in [2.05, 4.69) is 5.32 Å². The second kappa shape index (κ2) is 12.6. The molecule has 0 bridgehead atoms. The molecule has 0 aliphatic carbocycles. The fourth-order valence-electron chi connectivity index (χ4n) is 4.14. The summed E-state index contributed by atoms with van der Waals surface area (Å²) < 4.78 is 34.1. The van der Waals surface area contributed by atoms with Crippen molar-refractivity contribution in [2.75, 3.05) is 18.0 Å². The van der Waals surface area contributed by atoms with Crippen molar-refractivity contribution in [1.29, 1.82) is 0 Å². The van der Waals surface area contributed by atoms with Crippen LogP contribution in [-0.4, -0.2) is 50.4 Å². The quantitative estimate of drug-likeness (QED) is 0.380. The summed E-state index contributed by atoms with van der Waals surface area (Å²) in [7, 11) is -2.65. The number of methoxy groups -OCH3 is 1. The highest BCUT2D eigenvalue weighted by Crippen LogP contribution is 2.26. The minimum Gasteiger partial charge on any atom is -0.497 e. The molecule has 214 valence electrons. The smallest absolute Gasteiger partial charge is 0.264 e. The van der Waals surface area contributed by atoms with Crippen LogP contribution >= 0.6 is 0 Å². The predicted octanol–water partition coefficient (Wildman–Crippen LogP) is 4.84. The molecular formula is C31H39N3O5S. The van der Waals surface area contributed by atoms with Crippen LogP contribution in [0.5, 0.6) is 5.75 Å². The van der Waals surface area contributed by atoms with Crippen LogP contribution in [0, 0.1) is 13.8 Å². The molecule has 0 unspecified atom stereocenters. The standard InChI is InChI=1S/C31H39N3O5S/c1-22-12-14-26(15-13-22)34(40(37,38)28-18-16-27(39-7)17-19-28)21-29(35)33(20-25-11-9-8-10-23(25)2)24(3)30(36)32-31(4,5)6/h8-19,24H,20-21H2,1-7H3,(H,32,36)/t24-/m0/s1. The predicted molar refractivity (Wildman–Crippen MR) is 158 cm³/mol. The number of ether oxygens (including phenoxy) is 1. The zero-order chi connectivity index (χ0) is 29.7. The van der Waals surface area contributed by atoms with Gasteiger partial charge >= 0.3 is 0 Å². The Balaban J connectivity index is 2.04. The summed E-state index contributed by atoms with van der Waals surface area (Å²) in [5.74, 6) is -0.313. The fraction of sp³-hybridized carbons (Fsp3) is 0.355. The molecule has 0 spiro atoms. The lowest BCUT2D eigenvalue weighted by atomic mass is 10.1. The van der Waals surface area contributed by atoms with E-state index in [1.807, 2.05) is 58.9 Å². The van der Waals surface area contributed by atoms with Crippen LogP contribution in [0.1, 0.15) is 44.4 Å². The Morgan fingerprint density at radius 1 is 0.925 bits per heavy atom. The lowest BCUT2D eigenvalue weighted by molar-refractivity contribution is -0.140. The molecule has 1 N–H and O–H groups in total. The van der Waals surface area contributed by atoms with Gasteiger partial charge < -0.3 is 15.0 Å². The Morgan fingerprint density at radius 3 is 2.08 bits per heavy atom. The Bertz CT molecular complexity index is 1430. The lowest BCUT2D eigenvalue weighted by Gasteiger charge is -2.33. The summed E-state index contributed by atoms with van der Waals surface area (Å²) in [5.41, 5.74) is 2.62. The number of benzene rings is 3. The highest BCUT2D eigenvalue weighted by molar-refractivity contribution is 7.92. The van der Waals surface area contributed by atoms with E-state index in [1.54, 1.807) is 43.3 Å². The molecule has 2 amide bonds. The van der Waals surface area contributed by atoms with Crippen molar-refractivity contribution < 1.29 is 22.7 Å². The number of rotatable bonds is 10. The van der Waals surface area contributed by atoms with Gasteiger partial charge in [-0.05, 0) is 89.1 Å². The summed E-state index contributed by atoms with van der Waals surface area (Å²) in [6.07, 6.45) is 0. The van der Waals surface area contributed by atoms with Crippen molar-refractivity contribution >= 4 is 27.5 Å². The molecule has 1 atom stereocenters. The third-order valence-corrected chi connectivity index (χ3v) is 8.30. The maximum atomic E-state index is 14.0. The first-order chi connectivity index (χ1) is 18.7. The number of sulfonamides is 1. The second-order valence-corrected chi connectivity index (χ2v) is 12.7. The highest BCUT2D eigenvalue weighted by atomic mass is 32.2. The minimum absolute atomic E-state index is 0.0191. The Morgan fingerprint density at radius 2 is 1.52 bits per heavy atom. The number of carbonyl (C=O) groups excluding carboxylic acids is 2. The number of nitrogens with one attached hydrogen (secondary N) is 1. The molecule has 0 fully saturated rings. The average molecular weight is 566 g/mol. The molecule has 3 aromatic rings. The van der Waals surface area contributed by atoms with E-state index < -0.39 is 34.1 Å². The van der Waals surface area contributed by atoms with Crippen LogP contribution < -0.4 is 14.4 Å². The summed E-state index contributed by atoms with van der Waals surface area (Å²) in [4.78, 5) is 28.7. The Hall–Kier alpha value is -3.85. The molecular weight excluding hydrogens is 526 g/mol. The van der Waals surface area contributed by atoms with Gasteiger partial charge in [-0.1, -0.05) is 42.0 Å². The average Bonchev–Trinajstić information content (AvgIpc) is 2.90. The third kappa shape index (κ3) is 7.63. The molecule has 0 saturated heterocycles. The van der Waals surface area contributed by atoms with Crippen molar-refractivity contribution in [3.63, 3.8) is 0 Å². The first kappa shape index (κ1) is 30.7. The van der Waals surface area contributed by atoms with E-state index in [1.165, 1.54) is 24.1 Å². The molecule has 0 aliphatic rings. The van der Waals surface area contributed by atoms with E-state index in [-0.39, 0.29) is 17.3 Å². The molecule has 0 radical (unpaired) electrons. The maximum absolute atomic E-state index is 14.0. The van der Waals surface area contributed by atoms with Gasteiger partial charge in [-0.3, -0.25) is 13.9 Å². The zero-order valence-corrected chi connectivity index (χ0v) is 25.1. The molecule has 0 aliphatic heterocycles. The van der Waals surface area contributed by atoms with Crippen LogP contribution in [0.15, 0.2) is 77.7 Å². The number of anilines is 1. The van der Waals surface area contributed by atoms with Gasteiger partial charge in [0.2, 0.25) is 11.8 Å². The van der Waals surface area contributed by atoms with E-state index in [4.69, 9.17) is 4.74 Å². The fourth-order valence-corrected chi connectivity index (χ4v) is 5.56. The van der Waals surface area contributed by atoms with Crippen molar-refractivity contribution in [3.8, 4) is 5.75 Å². The highest BCUT2D eigenvalue weighted by Gasteiger charge is 2.33. The summed E-state index contributed by atoms with van der Waals surface area (Å²) in [5, 5.41) is 2.94. The van der Waals surface area contributed by atoms with Gasteiger partial charge in [0.25, 0.3) is 10.0 Å². The van der Waals surface area contributed by atoms with Crippen LogP contribution in [0.25, 0.3) is 0 Å². The van der Waals surface area contributed by atoms with E-state index in [9.17, 15) is 18.0 Å². The number of nitrogens with zero attached hydrogens (tertiary/aromatic N) is 2. The van der Waals surface area contributed by atoms with E-state index in [0.717, 1.165) is 21.0 Å². The summed E-state index contributed by atoms with van der Waals surface area (Å²) in [6.45, 7) is 10.8. The van der Waals surface area contributed by atoms with E-state index in [0.29, 0.717) is 11.4 Å². The molecule has 3 aromatic carbocycles. The summed E-state index contributed by atoms with van der Waals surface area (Å²) >= 11 is 0. The normalized spacial score (nSPS) is 12.4. The SMILES string of the molecule is COc1ccc(S(=O)(=O)N(CC(=O)N(Cc2ccccc2C)[C@@H](C)C(=O)NC(C)(C)C)c2ccc(C)cc2)cc1. The molecule has 3 rings (SSSR count). The number of hydrogen-bond acceptors (Lipinski definition) is 5. The first-order valence-electron chi connectivity index (χ1n) is 13.1. The third-order valence-electron chi connectivity index (χ3n) is 6.52. The zero-order valence-electron chi connectivity index (χ0n) is 24.3. The first-order valence-corrected chi connectivity index (χ1v) is 14.6. The van der Waals surface area contributed by atoms with Gasteiger partial charge in [0.1, 0.15) is 18.3 Å². The van der Waals surface area contributed by atoms with Crippen molar-refractivity contribution in [3.05, 3.63) is 89.5 Å². The molecule has 0 saturated carbocycles. The van der Waals surface area contributed by atoms with Gasteiger partial charge in [-0.2, -0.15) is 0 Å². The van der Waals surface area contributed by atoms with Crippen LogP contribution in [0.2, 0.25) is 0 Å². The van der Waals surface area contributed by atoms with Gasteiger partial charge in [0.05, 0.1) is 17.7 Å². The van der Waals surface area contributed by atoms with Crippen molar-refractivity contribution in [2.45, 2.75) is 64.6 Å². The number of aryl methyl sites for hydroxylation is 2. The minimum atomic E-state index is -4.15. The van der Waals surface area contributed by atoms with Crippen molar-refractivity contribution in [1.82, 2.24) is 10.2 Å². The van der Waals surface area contributed by atoms with Crippen LogP contribution in [0.4, 0.5) is 5.69 Å². The molecule has 9 heteroatoms. The van der Waals surface area contributed by atoms with Crippen LogP contribution in [0.3, 0.4) is 0 Å². The number of hydrogen-bond donors (Lipinski definition) is 1. The summed E-state index contributed by atoms with van der Waals surface area (Å²) in [6, 6.07) is 19.7. The van der Waals surface area contributed by atoms with Crippen molar-refractivity contribution in [2.24, 2.45) is 0 Å². The number of carbonyl (C=O) groups is 2. The van der Waals surface area contributed by atoms with Gasteiger partial charge in [-0.15, -0.1) is 0 Å². The van der Waals surface area contributed by atoms with Gasteiger partial charge in [0, 0.05) is 12.1 Å². The largest absolute Gasteiger partial charge is 0.497 e. The molecule has 0 aromatic heterocycles. The van der Waals surface area contributed by atoms with Gasteiger partial charge in [0.15, 0.2) is 0 Å². The monoisotopic (exact) mass is 565 g/mol. The van der Waals surface area contributed by atoms with E-state index >= 15 is 0 Å². The molecule has 40 heavy (non-hydrogen) atoms. The second-order valence-electron chi connectivity index (χ2n) is 10.9. The molecule has 8 nitrogen and oxygen atoms in total.